The topological polar surface area (TPSA) is 59.4 Å². The van der Waals surface area contributed by atoms with Gasteiger partial charge in [-0.2, -0.15) is 0 Å². The lowest BCUT2D eigenvalue weighted by Gasteiger charge is -2.09. The number of pyridine rings is 1. The molecule has 1 N–H and O–H groups in total. The number of nitrogens with zero attached hydrogens (tertiary/aromatic N) is 1. The maximum absolute atomic E-state index is 11.2. The monoisotopic (exact) mass is 255 g/mol. The Labute approximate surface area is 105 Å². The summed E-state index contributed by atoms with van der Waals surface area (Å²) in [6, 6.07) is 1.79. The highest BCUT2D eigenvalue weighted by atomic mass is 32.2. The van der Waals surface area contributed by atoms with Gasteiger partial charge < -0.3 is 9.84 Å². The van der Waals surface area contributed by atoms with Crippen molar-refractivity contribution in [3.63, 3.8) is 0 Å². The molecule has 17 heavy (non-hydrogen) atoms. The SMILES string of the molecule is CCOCCSc1nc(C)cc(C)c1C(=O)O. The highest BCUT2D eigenvalue weighted by molar-refractivity contribution is 7.99. The number of carboxylic acid groups (broad SMARTS) is 1. The lowest BCUT2D eigenvalue weighted by atomic mass is 10.1. The summed E-state index contributed by atoms with van der Waals surface area (Å²) in [7, 11) is 0. The van der Waals surface area contributed by atoms with Crippen molar-refractivity contribution in [2.24, 2.45) is 0 Å². The molecule has 0 aromatic carbocycles. The van der Waals surface area contributed by atoms with E-state index in [4.69, 9.17) is 9.84 Å². The molecule has 4 nitrogen and oxygen atoms in total. The molecule has 1 aromatic heterocycles. The standard InChI is InChI=1S/C12H17NO3S/c1-4-16-5-6-17-11-10(12(14)15)8(2)7-9(3)13-11/h7H,4-6H2,1-3H3,(H,14,15). The summed E-state index contributed by atoms with van der Waals surface area (Å²) < 4.78 is 5.22. The zero-order valence-corrected chi connectivity index (χ0v) is 11.1. The van der Waals surface area contributed by atoms with Crippen LogP contribution in [-0.2, 0) is 4.74 Å². The van der Waals surface area contributed by atoms with Crippen LogP contribution < -0.4 is 0 Å². The highest BCUT2D eigenvalue weighted by Gasteiger charge is 2.15. The van der Waals surface area contributed by atoms with E-state index in [0.29, 0.717) is 29.6 Å². The number of aryl methyl sites for hydroxylation is 2. The average Bonchev–Trinajstić information content (AvgIpc) is 2.22. The third kappa shape index (κ3) is 4.02. The van der Waals surface area contributed by atoms with Crippen molar-refractivity contribution >= 4 is 17.7 Å². The van der Waals surface area contributed by atoms with Crippen LogP contribution in [0, 0.1) is 13.8 Å². The van der Waals surface area contributed by atoms with Gasteiger partial charge in [0.2, 0.25) is 0 Å². The molecule has 0 radical (unpaired) electrons. The molecule has 0 bridgehead atoms. The lowest BCUT2D eigenvalue weighted by Crippen LogP contribution is -2.06. The molecule has 1 heterocycles. The van der Waals surface area contributed by atoms with Crippen molar-refractivity contribution in [1.29, 1.82) is 0 Å². The minimum Gasteiger partial charge on any atom is -0.478 e. The minimum absolute atomic E-state index is 0.303. The van der Waals surface area contributed by atoms with E-state index in [1.807, 2.05) is 13.8 Å². The van der Waals surface area contributed by atoms with Crippen molar-refractivity contribution in [2.75, 3.05) is 19.0 Å². The van der Waals surface area contributed by atoms with Gasteiger partial charge in [0.15, 0.2) is 0 Å². The number of carbonyl (C=O) groups is 1. The number of hydrogen-bond donors (Lipinski definition) is 1. The van der Waals surface area contributed by atoms with Gasteiger partial charge in [-0.1, -0.05) is 0 Å². The first-order valence-corrected chi connectivity index (χ1v) is 6.47. The number of hydrogen-bond acceptors (Lipinski definition) is 4. The quantitative estimate of drug-likeness (QED) is 0.625. The summed E-state index contributed by atoms with van der Waals surface area (Å²) in [5.74, 6) is -0.210. The second-order valence-corrected chi connectivity index (χ2v) is 4.69. The molecule has 0 aliphatic carbocycles. The number of aromatic nitrogens is 1. The average molecular weight is 255 g/mol. The van der Waals surface area contributed by atoms with E-state index >= 15 is 0 Å². The zero-order valence-electron chi connectivity index (χ0n) is 10.3. The van der Waals surface area contributed by atoms with Gasteiger partial charge in [0, 0.05) is 18.1 Å². The first kappa shape index (κ1) is 14.0. The molecule has 1 aromatic rings. The Hall–Kier alpha value is -1.07. The van der Waals surface area contributed by atoms with E-state index in [2.05, 4.69) is 4.98 Å². The lowest BCUT2D eigenvalue weighted by molar-refractivity contribution is 0.0691. The molecule has 0 aliphatic heterocycles. The Morgan fingerprint density at radius 1 is 1.53 bits per heavy atom. The second kappa shape index (κ2) is 6.61. The minimum atomic E-state index is -0.922. The molecular formula is C12H17NO3S. The maximum Gasteiger partial charge on any atom is 0.338 e. The molecule has 0 spiro atoms. The Morgan fingerprint density at radius 3 is 2.82 bits per heavy atom. The van der Waals surface area contributed by atoms with Crippen LogP contribution in [0.1, 0.15) is 28.5 Å². The highest BCUT2D eigenvalue weighted by Crippen LogP contribution is 2.24. The van der Waals surface area contributed by atoms with Gasteiger partial charge in [-0.05, 0) is 32.4 Å². The van der Waals surface area contributed by atoms with Crippen LogP contribution in [-0.4, -0.2) is 35.0 Å². The van der Waals surface area contributed by atoms with Crippen LogP contribution in [0.4, 0.5) is 0 Å². The fraction of sp³-hybridized carbons (Fsp3) is 0.500. The largest absolute Gasteiger partial charge is 0.478 e. The summed E-state index contributed by atoms with van der Waals surface area (Å²) in [4.78, 5) is 15.4. The number of thioether (sulfide) groups is 1. The van der Waals surface area contributed by atoms with Crippen molar-refractivity contribution in [3.8, 4) is 0 Å². The predicted octanol–water partition coefficient (Wildman–Crippen LogP) is 2.53. The fourth-order valence-electron chi connectivity index (χ4n) is 1.51. The third-order valence-corrected chi connectivity index (χ3v) is 3.14. The molecule has 1 rings (SSSR count). The molecule has 0 atom stereocenters. The van der Waals surface area contributed by atoms with Crippen LogP contribution >= 0.6 is 11.8 Å². The van der Waals surface area contributed by atoms with Crippen LogP contribution in [0.15, 0.2) is 11.1 Å². The van der Waals surface area contributed by atoms with Crippen molar-refractivity contribution < 1.29 is 14.6 Å². The van der Waals surface area contributed by atoms with E-state index in [0.717, 1.165) is 11.3 Å². The molecular weight excluding hydrogens is 238 g/mol. The number of carboxylic acids is 1. The summed E-state index contributed by atoms with van der Waals surface area (Å²) in [6.45, 7) is 6.87. The Morgan fingerprint density at radius 2 is 2.24 bits per heavy atom. The van der Waals surface area contributed by atoms with E-state index in [9.17, 15) is 4.79 Å². The second-order valence-electron chi connectivity index (χ2n) is 3.61. The molecule has 0 unspecified atom stereocenters. The number of ether oxygens (including phenoxy) is 1. The summed E-state index contributed by atoms with van der Waals surface area (Å²) >= 11 is 1.43. The Bertz CT molecular complexity index is 407. The van der Waals surface area contributed by atoms with Gasteiger partial charge in [-0.25, -0.2) is 9.78 Å². The van der Waals surface area contributed by atoms with E-state index < -0.39 is 5.97 Å². The maximum atomic E-state index is 11.2. The number of aromatic carboxylic acids is 1. The Kier molecular flexibility index (Phi) is 5.44. The molecule has 0 saturated carbocycles. The first-order chi connectivity index (χ1) is 8.06. The van der Waals surface area contributed by atoms with Gasteiger partial charge in [-0.3, -0.25) is 0 Å². The van der Waals surface area contributed by atoms with Crippen LogP contribution in [0.2, 0.25) is 0 Å². The van der Waals surface area contributed by atoms with Gasteiger partial charge in [0.1, 0.15) is 5.03 Å². The zero-order chi connectivity index (χ0) is 12.8. The summed E-state index contributed by atoms with van der Waals surface area (Å²) in [6.07, 6.45) is 0. The molecule has 0 aliphatic rings. The van der Waals surface area contributed by atoms with Crippen molar-refractivity contribution in [3.05, 3.63) is 22.9 Å². The molecule has 0 saturated heterocycles. The molecule has 94 valence electrons. The Balaban J connectivity index is 2.85. The van der Waals surface area contributed by atoms with Crippen LogP contribution in [0.25, 0.3) is 0 Å². The van der Waals surface area contributed by atoms with E-state index in [1.165, 1.54) is 11.8 Å². The summed E-state index contributed by atoms with van der Waals surface area (Å²) in [5, 5.41) is 9.73. The van der Waals surface area contributed by atoms with Gasteiger partial charge >= 0.3 is 5.97 Å². The van der Waals surface area contributed by atoms with Gasteiger partial charge in [0.05, 0.1) is 12.2 Å². The van der Waals surface area contributed by atoms with Crippen LogP contribution in [0.5, 0.6) is 0 Å². The molecule has 5 heteroatoms. The van der Waals surface area contributed by atoms with Crippen molar-refractivity contribution in [2.45, 2.75) is 25.8 Å². The predicted molar refractivity (Wildman–Crippen MR) is 67.9 cm³/mol. The summed E-state index contributed by atoms with van der Waals surface area (Å²) in [5.41, 5.74) is 1.90. The van der Waals surface area contributed by atoms with Gasteiger partial charge in [-0.15, -0.1) is 11.8 Å². The molecule has 0 fully saturated rings. The number of rotatable bonds is 6. The fourth-order valence-corrected chi connectivity index (χ4v) is 2.50. The van der Waals surface area contributed by atoms with E-state index in [-0.39, 0.29) is 0 Å². The first-order valence-electron chi connectivity index (χ1n) is 5.48. The van der Waals surface area contributed by atoms with Crippen LogP contribution in [0.3, 0.4) is 0 Å². The molecule has 0 amide bonds. The van der Waals surface area contributed by atoms with E-state index in [1.54, 1.807) is 13.0 Å². The normalized spacial score (nSPS) is 10.5. The smallest absolute Gasteiger partial charge is 0.338 e. The van der Waals surface area contributed by atoms with Crippen molar-refractivity contribution in [1.82, 2.24) is 4.98 Å². The third-order valence-electron chi connectivity index (χ3n) is 2.20. The van der Waals surface area contributed by atoms with Gasteiger partial charge in [0.25, 0.3) is 0 Å².